The molecule has 1 aliphatic carbocycles. The van der Waals surface area contributed by atoms with E-state index in [0.29, 0.717) is 0 Å². The molecule has 1 heteroatoms. The lowest BCUT2D eigenvalue weighted by Gasteiger charge is -2.05. The van der Waals surface area contributed by atoms with Crippen molar-refractivity contribution in [2.75, 3.05) is 6.54 Å². The molecule has 0 N–H and O–H groups in total. The largest absolute Gasteiger partial charge is 0.289 e. The molecule has 0 radical (unpaired) electrons. The fraction of sp³-hybridized carbons (Fsp3) is 0.308. The van der Waals surface area contributed by atoms with Crippen LogP contribution in [-0.4, -0.2) is 12.3 Å². The highest BCUT2D eigenvalue weighted by atomic mass is 14.8. The van der Waals surface area contributed by atoms with Crippen molar-refractivity contribution < 1.29 is 0 Å². The van der Waals surface area contributed by atoms with Crippen molar-refractivity contribution in [3.8, 4) is 0 Å². The number of aliphatic imine (C=N–C) groups is 1. The highest BCUT2D eigenvalue weighted by Gasteiger charge is 2.11. The van der Waals surface area contributed by atoms with Crippen LogP contribution in [0.5, 0.6) is 0 Å². The van der Waals surface area contributed by atoms with E-state index in [0.717, 1.165) is 13.0 Å². The maximum absolute atomic E-state index is 4.53. The van der Waals surface area contributed by atoms with Crippen LogP contribution in [0, 0.1) is 0 Å². The van der Waals surface area contributed by atoms with Gasteiger partial charge in [-0.05, 0) is 30.9 Å². The quantitative estimate of drug-likeness (QED) is 0.594. The van der Waals surface area contributed by atoms with E-state index < -0.39 is 0 Å². The lowest BCUT2D eigenvalue weighted by molar-refractivity contribution is 0.951. The molecule has 0 amide bonds. The molecule has 0 atom stereocenters. The Morgan fingerprint density at radius 3 is 2.57 bits per heavy atom. The van der Waals surface area contributed by atoms with Gasteiger partial charge in [-0.25, -0.2) is 0 Å². The van der Waals surface area contributed by atoms with Gasteiger partial charge in [-0.3, -0.25) is 4.99 Å². The summed E-state index contributed by atoms with van der Waals surface area (Å²) in [6.07, 6.45) is 14.9. The van der Waals surface area contributed by atoms with Crippen LogP contribution < -0.4 is 0 Å². The second kappa shape index (κ2) is 4.23. The van der Waals surface area contributed by atoms with E-state index in [9.17, 15) is 0 Å². The summed E-state index contributed by atoms with van der Waals surface area (Å²) >= 11 is 0. The molecule has 14 heavy (non-hydrogen) atoms. The van der Waals surface area contributed by atoms with Crippen molar-refractivity contribution >= 4 is 5.71 Å². The Bertz CT molecular complexity index is 365. The summed E-state index contributed by atoms with van der Waals surface area (Å²) in [6, 6.07) is 0. The molecular formula is C13H15N. The van der Waals surface area contributed by atoms with Crippen LogP contribution >= 0.6 is 0 Å². The van der Waals surface area contributed by atoms with Crippen LogP contribution in [-0.2, 0) is 0 Å². The summed E-state index contributed by atoms with van der Waals surface area (Å²) in [5.74, 6) is 0. The van der Waals surface area contributed by atoms with Gasteiger partial charge in [0.1, 0.15) is 0 Å². The Labute approximate surface area is 85.2 Å². The van der Waals surface area contributed by atoms with Gasteiger partial charge in [0, 0.05) is 12.3 Å². The predicted molar refractivity (Wildman–Crippen MR) is 61.7 cm³/mol. The van der Waals surface area contributed by atoms with E-state index in [4.69, 9.17) is 0 Å². The van der Waals surface area contributed by atoms with Crippen molar-refractivity contribution in [1.29, 1.82) is 0 Å². The molecule has 2 aliphatic rings. The zero-order valence-electron chi connectivity index (χ0n) is 8.53. The highest BCUT2D eigenvalue weighted by molar-refractivity contribution is 6.04. The molecular weight excluding hydrogens is 170 g/mol. The first kappa shape index (κ1) is 9.20. The van der Waals surface area contributed by atoms with E-state index in [-0.39, 0.29) is 0 Å². The smallest absolute Gasteiger partial charge is 0.0423 e. The van der Waals surface area contributed by atoms with Crippen LogP contribution in [0.1, 0.15) is 19.8 Å². The number of hydrogen-bond donors (Lipinski definition) is 0. The third kappa shape index (κ3) is 1.92. The standard InChI is InChI=1S/C13H15N/c1-11-7-4-2-3-5-8-12(11)13-9-6-10-14-13/h2-5,7-8H,6,9-10H2,1H3/b3-2-,4-2?,5-3?,7-4-,8-5-,11-7?,12-8?,12-11+. The summed E-state index contributed by atoms with van der Waals surface area (Å²) in [4.78, 5) is 4.53. The number of hydrogen-bond acceptors (Lipinski definition) is 1. The van der Waals surface area contributed by atoms with E-state index in [2.05, 4.69) is 42.3 Å². The molecule has 1 aliphatic heterocycles. The maximum atomic E-state index is 4.53. The van der Waals surface area contributed by atoms with Gasteiger partial charge in [-0.2, -0.15) is 0 Å². The van der Waals surface area contributed by atoms with Crippen LogP contribution in [0.15, 0.2) is 52.6 Å². The van der Waals surface area contributed by atoms with Gasteiger partial charge in [0.05, 0.1) is 0 Å². The lowest BCUT2D eigenvalue weighted by atomic mass is 10.0. The van der Waals surface area contributed by atoms with Crippen LogP contribution in [0.2, 0.25) is 0 Å². The molecule has 72 valence electrons. The molecule has 0 unspecified atom stereocenters. The number of nitrogens with zero attached hydrogens (tertiary/aromatic N) is 1. The van der Waals surface area contributed by atoms with Crippen molar-refractivity contribution in [3.05, 3.63) is 47.6 Å². The molecule has 0 spiro atoms. The molecule has 0 aromatic carbocycles. The summed E-state index contributed by atoms with van der Waals surface area (Å²) in [6.45, 7) is 3.15. The zero-order valence-corrected chi connectivity index (χ0v) is 8.53. The zero-order chi connectivity index (χ0) is 9.80. The molecule has 0 aromatic heterocycles. The predicted octanol–water partition coefficient (Wildman–Crippen LogP) is 3.22. The Hall–Kier alpha value is -1.37. The fourth-order valence-corrected chi connectivity index (χ4v) is 1.78. The second-order valence-electron chi connectivity index (χ2n) is 3.63. The average Bonchev–Trinajstić information content (AvgIpc) is 2.65. The van der Waals surface area contributed by atoms with E-state index in [1.165, 1.54) is 23.3 Å². The molecule has 0 aromatic rings. The van der Waals surface area contributed by atoms with Gasteiger partial charge in [0.2, 0.25) is 0 Å². The van der Waals surface area contributed by atoms with Gasteiger partial charge in [-0.15, -0.1) is 0 Å². The van der Waals surface area contributed by atoms with Gasteiger partial charge < -0.3 is 0 Å². The minimum absolute atomic E-state index is 1.000. The van der Waals surface area contributed by atoms with Crippen LogP contribution in [0.25, 0.3) is 0 Å². The topological polar surface area (TPSA) is 12.4 Å². The van der Waals surface area contributed by atoms with Crippen LogP contribution in [0.3, 0.4) is 0 Å². The van der Waals surface area contributed by atoms with Gasteiger partial charge in [-0.1, -0.05) is 36.5 Å². The molecule has 0 saturated carbocycles. The molecule has 0 bridgehead atoms. The minimum Gasteiger partial charge on any atom is -0.289 e. The fourth-order valence-electron chi connectivity index (χ4n) is 1.78. The van der Waals surface area contributed by atoms with E-state index in [1.54, 1.807) is 0 Å². The monoisotopic (exact) mass is 185 g/mol. The molecule has 1 heterocycles. The van der Waals surface area contributed by atoms with Gasteiger partial charge in [0.15, 0.2) is 0 Å². The summed E-state index contributed by atoms with van der Waals surface area (Å²) in [5.41, 5.74) is 3.90. The third-order valence-electron chi connectivity index (χ3n) is 2.55. The average molecular weight is 185 g/mol. The summed E-state index contributed by atoms with van der Waals surface area (Å²) in [5, 5.41) is 0. The van der Waals surface area contributed by atoms with Crippen molar-refractivity contribution in [1.82, 2.24) is 0 Å². The first-order valence-corrected chi connectivity index (χ1v) is 5.14. The minimum atomic E-state index is 1.000. The van der Waals surface area contributed by atoms with E-state index >= 15 is 0 Å². The van der Waals surface area contributed by atoms with Gasteiger partial charge in [0.25, 0.3) is 0 Å². The van der Waals surface area contributed by atoms with Crippen molar-refractivity contribution in [2.24, 2.45) is 4.99 Å². The number of allylic oxidation sites excluding steroid dienone is 8. The summed E-state index contributed by atoms with van der Waals surface area (Å²) < 4.78 is 0. The van der Waals surface area contributed by atoms with E-state index in [1.807, 2.05) is 6.08 Å². The first-order chi connectivity index (χ1) is 6.88. The molecule has 0 fully saturated rings. The van der Waals surface area contributed by atoms with Crippen LogP contribution in [0.4, 0.5) is 0 Å². The van der Waals surface area contributed by atoms with Gasteiger partial charge >= 0.3 is 0 Å². The molecule has 0 saturated heterocycles. The third-order valence-corrected chi connectivity index (χ3v) is 2.55. The second-order valence-corrected chi connectivity index (χ2v) is 3.63. The molecule has 1 nitrogen and oxygen atoms in total. The summed E-state index contributed by atoms with van der Waals surface area (Å²) in [7, 11) is 0. The number of rotatable bonds is 1. The Balaban J connectivity index is 2.34. The first-order valence-electron chi connectivity index (χ1n) is 5.14. The normalized spacial score (nSPS) is 33.1. The lowest BCUT2D eigenvalue weighted by Crippen LogP contribution is -1.99. The Kier molecular flexibility index (Phi) is 2.78. The Morgan fingerprint density at radius 1 is 1.07 bits per heavy atom. The van der Waals surface area contributed by atoms with Crippen molar-refractivity contribution in [3.63, 3.8) is 0 Å². The SMILES string of the molecule is CC1=C(C2=NCCC2)/C=C\C=C/C=C\1. The highest BCUT2D eigenvalue weighted by Crippen LogP contribution is 2.18. The Morgan fingerprint density at radius 2 is 1.86 bits per heavy atom. The molecule has 2 rings (SSSR count). The maximum Gasteiger partial charge on any atom is 0.0423 e. The van der Waals surface area contributed by atoms with Crippen molar-refractivity contribution in [2.45, 2.75) is 19.8 Å².